The fourth-order valence-electron chi connectivity index (χ4n) is 3.72. The van der Waals surface area contributed by atoms with E-state index in [1.807, 2.05) is 24.4 Å². The van der Waals surface area contributed by atoms with Crippen molar-refractivity contribution in [3.8, 4) is 0 Å². The summed E-state index contributed by atoms with van der Waals surface area (Å²) < 4.78 is 27.3. The van der Waals surface area contributed by atoms with Crippen LogP contribution < -0.4 is 4.72 Å². The fraction of sp³-hybridized carbons (Fsp3) is 0.273. The number of fused-ring (bicyclic) bond motifs is 1. The molecule has 0 saturated carbocycles. The van der Waals surface area contributed by atoms with Crippen molar-refractivity contribution >= 4 is 49.7 Å². The Kier molecular flexibility index (Phi) is 6.51. The van der Waals surface area contributed by atoms with E-state index < -0.39 is 10.0 Å². The summed E-state index contributed by atoms with van der Waals surface area (Å²) in [4.78, 5) is 5.88. The minimum absolute atomic E-state index is 0.233. The van der Waals surface area contributed by atoms with Crippen molar-refractivity contribution in [1.29, 1.82) is 0 Å². The predicted molar refractivity (Wildman–Crippen MR) is 124 cm³/mol. The lowest BCUT2D eigenvalue weighted by molar-refractivity contribution is 0.298. The monoisotopic (exact) mass is 463 g/mol. The minimum atomic E-state index is -3.50. The molecule has 0 saturated heterocycles. The van der Waals surface area contributed by atoms with Gasteiger partial charge < -0.3 is 4.98 Å². The highest BCUT2D eigenvalue weighted by Gasteiger charge is 2.17. The molecule has 0 spiro atoms. The molecule has 2 aromatic carbocycles. The van der Waals surface area contributed by atoms with E-state index in [0.717, 1.165) is 48.4 Å². The van der Waals surface area contributed by atoms with Gasteiger partial charge in [0.25, 0.3) is 0 Å². The van der Waals surface area contributed by atoms with Gasteiger partial charge in [-0.3, -0.25) is 4.90 Å². The van der Waals surface area contributed by atoms with Crippen LogP contribution in [0.1, 0.15) is 18.4 Å². The highest BCUT2D eigenvalue weighted by atomic mass is 35.5. The molecule has 0 unspecified atom stereocenters. The van der Waals surface area contributed by atoms with Gasteiger partial charge in [0.05, 0.1) is 4.90 Å². The average molecular weight is 464 g/mol. The van der Waals surface area contributed by atoms with Crippen molar-refractivity contribution in [2.75, 3.05) is 26.2 Å². The first-order chi connectivity index (χ1) is 14.4. The van der Waals surface area contributed by atoms with Crippen LogP contribution in [0.5, 0.6) is 0 Å². The molecular formula is C22H23Cl2N3O2S. The Morgan fingerprint density at radius 3 is 2.57 bits per heavy atom. The molecule has 8 heteroatoms. The molecule has 1 aromatic heterocycles. The molecule has 1 aliphatic rings. The zero-order valence-corrected chi connectivity index (χ0v) is 18.7. The summed E-state index contributed by atoms with van der Waals surface area (Å²) in [5.41, 5.74) is 3.62. The maximum absolute atomic E-state index is 12.3. The number of nitrogens with one attached hydrogen (secondary N) is 2. The molecule has 0 radical (unpaired) electrons. The number of nitrogens with zero attached hydrogens (tertiary/aromatic N) is 1. The van der Waals surface area contributed by atoms with Crippen molar-refractivity contribution in [2.45, 2.75) is 17.7 Å². The fourth-order valence-corrected chi connectivity index (χ4v) is 5.10. The van der Waals surface area contributed by atoms with Crippen molar-refractivity contribution in [1.82, 2.24) is 14.6 Å². The Balaban J connectivity index is 1.29. The zero-order valence-electron chi connectivity index (χ0n) is 16.4. The molecule has 3 aromatic rings. The lowest BCUT2D eigenvalue weighted by Crippen LogP contribution is -2.32. The molecule has 0 fully saturated rings. The highest BCUT2D eigenvalue weighted by Crippen LogP contribution is 2.30. The van der Waals surface area contributed by atoms with Gasteiger partial charge in [0.2, 0.25) is 10.0 Å². The smallest absolute Gasteiger partial charge is 0.240 e. The Morgan fingerprint density at radius 2 is 1.83 bits per heavy atom. The second-order valence-corrected chi connectivity index (χ2v) is 10.0. The van der Waals surface area contributed by atoms with Crippen molar-refractivity contribution < 1.29 is 8.42 Å². The summed E-state index contributed by atoms with van der Waals surface area (Å²) in [6, 6.07) is 12.1. The van der Waals surface area contributed by atoms with Crippen LogP contribution in [0.3, 0.4) is 0 Å². The van der Waals surface area contributed by atoms with Gasteiger partial charge in [-0.05, 0) is 67.4 Å². The molecule has 2 heterocycles. The molecule has 30 heavy (non-hydrogen) atoms. The normalized spacial score (nSPS) is 15.5. The molecule has 5 nitrogen and oxygen atoms in total. The van der Waals surface area contributed by atoms with Crippen LogP contribution in [0.2, 0.25) is 10.0 Å². The van der Waals surface area contributed by atoms with Crippen molar-refractivity contribution in [2.24, 2.45) is 0 Å². The third-order valence-electron chi connectivity index (χ3n) is 5.35. The lowest BCUT2D eigenvalue weighted by Gasteiger charge is -2.26. The Labute approximate surface area is 186 Å². The number of hydrogen-bond acceptors (Lipinski definition) is 3. The van der Waals surface area contributed by atoms with Crippen LogP contribution in [0, 0.1) is 0 Å². The largest absolute Gasteiger partial charge is 0.361 e. The number of halogens is 2. The van der Waals surface area contributed by atoms with Gasteiger partial charge in [-0.25, -0.2) is 13.1 Å². The SMILES string of the molecule is O=S(=O)(NCCCN1CC=C(c2c[nH]c3ccc(Cl)cc23)CC1)c1ccc(Cl)cc1. The third kappa shape index (κ3) is 4.90. The molecule has 0 amide bonds. The summed E-state index contributed by atoms with van der Waals surface area (Å²) in [6.07, 6.45) is 6.01. The van der Waals surface area contributed by atoms with Gasteiger partial charge >= 0.3 is 0 Å². The lowest BCUT2D eigenvalue weighted by atomic mass is 9.99. The number of H-pyrrole nitrogens is 1. The van der Waals surface area contributed by atoms with Crippen LogP contribution in [0.4, 0.5) is 0 Å². The van der Waals surface area contributed by atoms with Gasteiger partial charge in [0.1, 0.15) is 0 Å². The van der Waals surface area contributed by atoms with E-state index in [2.05, 4.69) is 20.7 Å². The van der Waals surface area contributed by atoms with E-state index in [1.54, 1.807) is 12.1 Å². The van der Waals surface area contributed by atoms with Gasteiger partial charge in [-0.2, -0.15) is 0 Å². The van der Waals surface area contributed by atoms with Crippen LogP contribution in [0.25, 0.3) is 16.5 Å². The topological polar surface area (TPSA) is 65.2 Å². The van der Waals surface area contributed by atoms with E-state index in [1.165, 1.54) is 23.3 Å². The summed E-state index contributed by atoms with van der Waals surface area (Å²) in [5.74, 6) is 0. The van der Waals surface area contributed by atoms with Crippen LogP contribution in [-0.4, -0.2) is 44.5 Å². The number of benzene rings is 2. The number of aromatic amines is 1. The highest BCUT2D eigenvalue weighted by molar-refractivity contribution is 7.89. The number of aromatic nitrogens is 1. The number of rotatable bonds is 7. The average Bonchev–Trinajstić information content (AvgIpc) is 3.15. The predicted octanol–water partition coefficient (Wildman–Crippen LogP) is 4.93. The van der Waals surface area contributed by atoms with Crippen molar-refractivity contribution in [3.05, 3.63) is 70.3 Å². The van der Waals surface area contributed by atoms with E-state index in [4.69, 9.17) is 23.2 Å². The molecular weight excluding hydrogens is 441 g/mol. The van der Waals surface area contributed by atoms with E-state index >= 15 is 0 Å². The minimum Gasteiger partial charge on any atom is -0.361 e. The van der Waals surface area contributed by atoms with Gasteiger partial charge in [0, 0.05) is 52.3 Å². The first-order valence-electron chi connectivity index (χ1n) is 9.86. The van der Waals surface area contributed by atoms with Crippen LogP contribution in [0.15, 0.2) is 59.6 Å². The standard InChI is InChI=1S/C22H23Cl2N3O2S/c23-17-2-5-19(6-3-17)30(28,29)26-10-1-11-27-12-8-16(9-13-27)21-15-25-22-7-4-18(24)14-20(21)22/h2-8,14-15,25-26H,1,9-13H2. The Hall–Kier alpha value is -1.83. The molecule has 1 aliphatic heterocycles. The first kappa shape index (κ1) is 21.4. The molecule has 0 atom stereocenters. The van der Waals surface area contributed by atoms with Crippen LogP contribution >= 0.6 is 23.2 Å². The zero-order chi connectivity index (χ0) is 21.1. The summed E-state index contributed by atoms with van der Waals surface area (Å²) >= 11 is 12.0. The van der Waals surface area contributed by atoms with Gasteiger partial charge in [-0.1, -0.05) is 29.3 Å². The van der Waals surface area contributed by atoms with Crippen molar-refractivity contribution in [3.63, 3.8) is 0 Å². The summed E-state index contributed by atoms with van der Waals surface area (Å²) in [7, 11) is -3.50. The van der Waals surface area contributed by atoms with Crippen LogP contribution in [-0.2, 0) is 10.0 Å². The maximum Gasteiger partial charge on any atom is 0.240 e. The number of sulfonamides is 1. The maximum atomic E-state index is 12.3. The third-order valence-corrected chi connectivity index (χ3v) is 7.31. The summed E-state index contributed by atoms with van der Waals surface area (Å²) in [5, 5.41) is 2.41. The second kappa shape index (κ2) is 9.12. The first-order valence-corrected chi connectivity index (χ1v) is 12.1. The van der Waals surface area contributed by atoms with E-state index in [0.29, 0.717) is 11.6 Å². The van der Waals surface area contributed by atoms with Gasteiger partial charge in [0.15, 0.2) is 0 Å². The molecule has 158 valence electrons. The Morgan fingerprint density at radius 1 is 1.07 bits per heavy atom. The van der Waals surface area contributed by atoms with E-state index in [-0.39, 0.29) is 4.90 Å². The molecule has 0 bridgehead atoms. The molecule has 4 rings (SSSR count). The molecule has 0 aliphatic carbocycles. The van der Waals surface area contributed by atoms with Gasteiger partial charge in [-0.15, -0.1) is 0 Å². The second-order valence-electron chi connectivity index (χ2n) is 7.38. The quantitative estimate of drug-likeness (QED) is 0.488. The number of hydrogen-bond donors (Lipinski definition) is 2. The Bertz CT molecular complexity index is 1170. The summed E-state index contributed by atoms with van der Waals surface area (Å²) in [6.45, 7) is 3.04. The molecule has 2 N–H and O–H groups in total. The van der Waals surface area contributed by atoms with E-state index in [9.17, 15) is 8.42 Å².